The summed E-state index contributed by atoms with van der Waals surface area (Å²) < 4.78 is 6.83. The highest BCUT2D eigenvalue weighted by molar-refractivity contribution is 5.94. The van der Waals surface area contributed by atoms with Crippen LogP contribution in [0.15, 0.2) is 71.7 Å². The van der Waals surface area contributed by atoms with Crippen LogP contribution in [0.5, 0.6) is 5.75 Å². The molecule has 0 amide bonds. The van der Waals surface area contributed by atoms with E-state index in [0.717, 1.165) is 22.4 Å². The second kappa shape index (κ2) is 7.18. The van der Waals surface area contributed by atoms with Gasteiger partial charge in [0.1, 0.15) is 5.75 Å². The van der Waals surface area contributed by atoms with Gasteiger partial charge in [-0.05, 0) is 41.8 Å². The zero-order valence-corrected chi connectivity index (χ0v) is 14.2. The van der Waals surface area contributed by atoms with Crippen LogP contribution in [-0.2, 0) is 6.54 Å². The molecule has 0 atom stereocenters. The topological polar surface area (TPSA) is 48.3 Å². The largest absolute Gasteiger partial charge is 0.497 e. The number of hydrogen-bond donors (Lipinski definition) is 0. The van der Waals surface area contributed by atoms with Crippen LogP contribution in [0, 0.1) is 0 Å². The lowest BCUT2D eigenvalue weighted by molar-refractivity contribution is 0.101. The maximum absolute atomic E-state index is 12.2. The molecule has 0 aliphatic carbocycles. The van der Waals surface area contributed by atoms with Crippen molar-refractivity contribution in [2.24, 2.45) is 0 Å². The first-order valence-corrected chi connectivity index (χ1v) is 8.01. The summed E-state index contributed by atoms with van der Waals surface area (Å²) in [6, 6.07) is 18.4. The maximum atomic E-state index is 12.2. The van der Waals surface area contributed by atoms with Crippen LogP contribution in [0.3, 0.4) is 0 Å². The quantitative estimate of drug-likeness (QED) is 0.668. The number of carbonyl (C=O) groups is 1. The van der Waals surface area contributed by atoms with E-state index >= 15 is 0 Å². The Kier molecular flexibility index (Phi) is 4.80. The fraction of sp³-hybridized carbons (Fsp3) is 0.143. The van der Waals surface area contributed by atoms with Gasteiger partial charge >= 0.3 is 0 Å². The molecular formula is C21H19NO3. The first kappa shape index (κ1) is 16.7. The number of benzene rings is 2. The molecule has 4 heteroatoms. The number of nitrogens with zero attached hydrogens (tertiary/aromatic N) is 1. The van der Waals surface area contributed by atoms with Gasteiger partial charge in [-0.2, -0.15) is 0 Å². The number of Topliss-reactive ketones (excluding diaryl/α,β-unsaturated/α-hetero) is 1. The van der Waals surface area contributed by atoms with Crippen LogP contribution in [-0.4, -0.2) is 17.5 Å². The Morgan fingerprint density at radius 2 is 1.56 bits per heavy atom. The number of pyridine rings is 1. The van der Waals surface area contributed by atoms with Gasteiger partial charge in [0.2, 0.25) is 0 Å². The molecule has 4 nitrogen and oxygen atoms in total. The number of ether oxygens (including phenoxy) is 1. The second-order valence-corrected chi connectivity index (χ2v) is 5.87. The Morgan fingerprint density at radius 1 is 0.920 bits per heavy atom. The average molecular weight is 333 g/mol. The van der Waals surface area contributed by atoms with Gasteiger partial charge in [0.15, 0.2) is 5.78 Å². The number of rotatable bonds is 5. The minimum atomic E-state index is -0.0556. The van der Waals surface area contributed by atoms with Crippen molar-refractivity contribution in [3.05, 3.63) is 88.3 Å². The van der Waals surface area contributed by atoms with Gasteiger partial charge in [0.25, 0.3) is 5.56 Å². The molecule has 0 aliphatic rings. The Bertz CT molecular complexity index is 938. The summed E-state index contributed by atoms with van der Waals surface area (Å²) in [5.74, 6) is 0.825. The fourth-order valence-electron chi connectivity index (χ4n) is 2.65. The zero-order valence-electron chi connectivity index (χ0n) is 14.2. The first-order valence-electron chi connectivity index (χ1n) is 8.01. The lowest BCUT2D eigenvalue weighted by Gasteiger charge is -2.10. The Balaban J connectivity index is 1.89. The Hall–Kier alpha value is -3.14. The molecule has 0 saturated carbocycles. The summed E-state index contributed by atoms with van der Waals surface area (Å²) in [4.78, 5) is 23.6. The molecular weight excluding hydrogens is 314 g/mol. The SMILES string of the molecule is COc1ccc(Cn2cc(-c3ccc(C(C)=O)cc3)ccc2=O)cc1. The van der Waals surface area contributed by atoms with Crippen molar-refractivity contribution in [1.82, 2.24) is 4.57 Å². The number of methoxy groups -OCH3 is 1. The average Bonchev–Trinajstić information content (AvgIpc) is 2.64. The molecule has 3 rings (SSSR count). The highest BCUT2D eigenvalue weighted by Gasteiger charge is 2.05. The molecule has 0 fully saturated rings. The summed E-state index contributed by atoms with van der Waals surface area (Å²) in [7, 11) is 1.63. The molecule has 1 heterocycles. The number of ketones is 1. The highest BCUT2D eigenvalue weighted by Crippen LogP contribution is 2.19. The smallest absolute Gasteiger partial charge is 0.250 e. The normalized spacial score (nSPS) is 10.5. The van der Waals surface area contributed by atoms with Gasteiger partial charge in [-0.3, -0.25) is 9.59 Å². The van der Waals surface area contributed by atoms with E-state index in [2.05, 4.69) is 0 Å². The van der Waals surface area contributed by atoms with Gasteiger partial charge in [0, 0.05) is 17.8 Å². The van der Waals surface area contributed by atoms with Crippen molar-refractivity contribution in [2.45, 2.75) is 13.5 Å². The standard InChI is InChI=1S/C21H19NO3/c1-15(23)17-5-7-18(8-6-17)19-9-12-21(24)22(14-19)13-16-3-10-20(25-2)11-4-16/h3-12,14H,13H2,1-2H3. The highest BCUT2D eigenvalue weighted by atomic mass is 16.5. The van der Waals surface area contributed by atoms with Crippen molar-refractivity contribution in [3.63, 3.8) is 0 Å². The van der Waals surface area contributed by atoms with Crippen molar-refractivity contribution >= 4 is 5.78 Å². The van der Waals surface area contributed by atoms with Crippen molar-refractivity contribution < 1.29 is 9.53 Å². The van der Waals surface area contributed by atoms with Gasteiger partial charge in [-0.1, -0.05) is 36.4 Å². The molecule has 1 aromatic heterocycles. The maximum Gasteiger partial charge on any atom is 0.250 e. The van der Waals surface area contributed by atoms with E-state index in [1.54, 1.807) is 42.9 Å². The first-order chi connectivity index (χ1) is 12.1. The minimum absolute atomic E-state index is 0.0380. The Morgan fingerprint density at radius 3 is 2.16 bits per heavy atom. The molecule has 0 bridgehead atoms. The number of hydrogen-bond acceptors (Lipinski definition) is 3. The predicted molar refractivity (Wildman–Crippen MR) is 98.2 cm³/mol. The molecule has 0 spiro atoms. The zero-order chi connectivity index (χ0) is 17.8. The van der Waals surface area contributed by atoms with Crippen LogP contribution in [0.2, 0.25) is 0 Å². The van der Waals surface area contributed by atoms with E-state index in [0.29, 0.717) is 12.1 Å². The fourth-order valence-corrected chi connectivity index (χ4v) is 2.65. The summed E-state index contributed by atoms with van der Waals surface area (Å²) in [6.07, 6.45) is 1.84. The van der Waals surface area contributed by atoms with E-state index in [9.17, 15) is 9.59 Å². The van der Waals surface area contributed by atoms with Crippen molar-refractivity contribution in [1.29, 1.82) is 0 Å². The predicted octanol–water partition coefficient (Wildman–Crippen LogP) is 3.77. The van der Waals surface area contributed by atoms with Crippen LogP contribution in [0.1, 0.15) is 22.8 Å². The van der Waals surface area contributed by atoms with Crippen LogP contribution in [0.25, 0.3) is 11.1 Å². The Labute approximate surface area is 146 Å². The second-order valence-electron chi connectivity index (χ2n) is 5.87. The summed E-state index contributed by atoms with van der Waals surface area (Å²) in [5.41, 5.74) is 3.54. The van der Waals surface area contributed by atoms with E-state index in [4.69, 9.17) is 4.74 Å². The summed E-state index contributed by atoms with van der Waals surface area (Å²) >= 11 is 0. The molecule has 0 saturated heterocycles. The van der Waals surface area contributed by atoms with Gasteiger partial charge in [-0.15, -0.1) is 0 Å². The van der Waals surface area contributed by atoms with Gasteiger partial charge in [0.05, 0.1) is 13.7 Å². The van der Waals surface area contributed by atoms with E-state index in [-0.39, 0.29) is 11.3 Å². The molecule has 3 aromatic rings. The lowest BCUT2D eigenvalue weighted by Crippen LogP contribution is -2.19. The molecule has 2 aromatic carbocycles. The monoisotopic (exact) mass is 333 g/mol. The molecule has 0 unspecified atom stereocenters. The van der Waals surface area contributed by atoms with E-state index in [1.807, 2.05) is 42.6 Å². The van der Waals surface area contributed by atoms with Crippen molar-refractivity contribution in [3.8, 4) is 16.9 Å². The molecule has 0 radical (unpaired) electrons. The van der Waals surface area contributed by atoms with Gasteiger partial charge in [-0.25, -0.2) is 0 Å². The molecule has 0 N–H and O–H groups in total. The minimum Gasteiger partial charge on any atom is -0.497 e. The summed E-state index contributed by atoms with van der Waals surface area (Å²) in [5, 5.41) is 0. The molecule has 25 heavy (non-hydrogen) atoms. The third-order valence-electron chi connectivity index (χ3n) is 4.12. The third kappa shape index (κ3) is 3.86. The third-order valence-corrected chi connectivity index (χ3v) is 4.12. The number of carbonyl (C=O) groups excluding carboxylic acids is 1. The lowest BCUT2D eigenvalue weighted by atomic mass is 10.0. The number of aromatic nitrogens is 1. The van der Waals surface area contributed by atoms with Crippen LogP contribution < -0.4 is 10.3 Å². The van der Waals surface area contributed by atoms with Crippen LogP contribution >= 0.6 is 0 Å². The summed E-state index contributed by atoms with van der Waals surface area (Å²) in [6.45, 7) is 2.03. The molecule has 0 aliphatic heterocycles. The van der Waals surface area contributed by atoms with E-state index < -0.39 is 0 Å². The van der Waals surface area contributed by atoms with Gasteiger partial charge < -0.3 is 9.30 Å². The van der Waals surface area contributed by atoms with E-state index in [1.165, 1.54) is 0 Å². The van der Waals surface area contributed by atoms with Crippen LogP contribution in [0.4, 0.5) is 0 Å². The molecule has 126 valence electrons. The van der Waals surface area contributed by atoms with Crippen molar-refractivity contribution in [2.75, 3.05) is 7.11 Å².